The molecule has 0 aromatic carbocycles. The van der Waals surface area contributed by atoms with Gasteiger partial charge in [-0.15, -0.1) is 0 Å². The minimum absolute atomic E-state index is 0.0910. The summed E-state index contributed by atoms with van der Waals surface area (Å²) in [5, 5.41) is 0. The molecule has 0 bridgehead atoms. The molecular formula is C8H10N4O3. The second-order valence-corrected chi connectivity index (χ2v) is 3.53. The third-order valence-electron chi connectivity index (χ3n) is 2.13. The fourth-order valence-corrected chi connectivity index (χ4v) is 1.49. The summed E-state index contributed by atoms with van der Waals surface area (Å²) >= 11 is 0. The lowest BCUT2D eigenvalue weighted by molar-refractivity contribution is 0.551. The van der Waals surface area contributed by atoms with Crippen molar-refractivity contribution in [3.8, 4) is 0 Å². The highest BCUT2D eigenvalue weighted by Crippen LogP contribution is 1.98. The molecule has 80 valence electrons. The number of aromatic nitrogens is 4. The van der Waals surface area contributed by atoms with Gasteiger partial charge >= 0.3 is 11.4 Å². The zero-order valence-electron chi connectivity index (χ0n) is 8.25. The van der Waals surface area contributed by atoms with Crippen molar-refractivity contribution in [1.29, 1.82) is 0 Å². The number of aromatic amines is 3. The zero-order chi connectivity index (χ0) is 11.2. The van der Waals surface area contributed by atoms with Gasteiger partial charge in [0.15, 0.2) is 5.52 Å². The molecule has 2 heterocycles. The van der Waals surface area contributed by atoms with E-state index in [2.05, 4.69) is 15.0 Å². The minimum atomic E-state index is -0.530. The molecule has 0 atom stereocenters. The SMILES string of the molecule is CC(C)n1c(=O)[nH]c2[nH]c(=O)[nH]c2c1=O. The summed E-state index contributed by atoms with van der Waals surface area (Å²) < 4.78 is 1.05. The molecule has 0 unspecified atom stereocenters. The Morgan fingerprint density at radius 1 is 1.07 bits per heavy atom. The maximum absolute atomic E-state index is 11.8. The number of rotatable bonds is 1. The predicted octanol–water partition coefficient (Wildman–Crippen LogP) is -0.713. The van der Waals surface area contributed by atoms with Crippen LogP contribution in [-0.2, 0) is 0 Å². The van der Waals surface area contributed by atoms with Crippen LogP contribution in [0.15, 0.2) is 14.4 Å². The van der Waals surface area contributed by atoms with Gasteiger partial charge < -0.3 is 0 Å². The van der Waals surface area contributed by atoms with Crippen molar-refractivity contribution in [1.82, 2.24) is 19.5 Å². The van der Waals surface area contributed by atoms with Crippen LogP contribution in [0.5, 0.6) is 0 Å². The highest BCUT2D eigenvalue weighted by atomic mass is 16.2. The molecule has 0 saturated heterocycles. The van der Waals surface area contributed by atoms with Gasteiger partial charge in [0.1, 0.15) is 5.65 Å². The molecule has 0 fully saturated rings. The van der Waals surface area contributed by atoms with Gasteiger partial charge in [-0.25, -0.2) is 9.59 Å². The van der Waals surface area contributed by atoms with Gasteiger partial charge in [0.05, 0.1) is 0 Å². The van der Waals surface area contributed by atoms with E-state index in [1.807, 2.05) is 0 Å². The van der Waals surface area contributed by atoms with Crippen LogP contribution >= 0.6 is 0 Å². The fraction of sp³-hybridized carbons (Fsp3) is 0.375. The summed E-state index contributed by atoms with van der Waals surface area (Å²) in [6.07, 6.45) is 0. The van der Waals surface area contributed by atoms with Gasteiger partial charge in [-0.1, -0.05) is 0 Å². The number of hydrogen-bond acceptors (Lipinski definition) is 3. The van der Waals surface area contributed by atoms with Gasteiger partial charge in [0, 0.05) is 6.04 Å². The number of nitrogens with zero attached hydrogens (tertiary/aromatic N) is 1. The first-order valence-electron chi connectivity index (χ1n) is 4.47. The summed E-state index contributed by atoms with van der Waals surface area (Å²) in [5.74, 6) is 0. The lowest BCUT2D eigenvalue weighted by Gasteiger charge is -2.06. The van der Waals surface area contributed by atoms with Crippen LogP contribution in [0.3, 0.4) is 0 Å². The van der Waals surface area contributed by atoms with E-state index in [1.165, 1.54) is 0 Å². The normalized spacial score (nSPS) is 11.4. The topological polar surface area (TPSA) is 104 Å². The van der Waals surface area contributed by atoms with E-state index >= 15 is 0 Å². The summed E-state index contributed by atoms with van der Waals surface area (Å²) in [4.78, 5) is 41.3. The standard InChI is InChI=1S/C8H10N4O3/c1-3(2)12-6(13)4-5(11-8(12)15)10-7(14)9-4/h3H,1-2H3,(H,11,15)(H2,9,10,14). The molecule has 0 aliphatic carbocycles. The van der Waals surface area contributed by atoms with Crippen molar-refractivity contribution in [2.75, 3.05) is 0 Å². The molecule has 2 aromatic heterocycles. The number of fused-ring (bicyclic) bond motifs is 1. The number of imidazole rings is 1. The van der Waals surface area contributed by atoms with Crippen molar-refractivity contribution >= 4 is 11.2 Å². The largest absolute Gasteiger partial charge is 0.330 e. The van der Waals surface area contributed by atoms with Gasteiger partial charge in [-0.3, -0.25) is 24.3 Å². The molecule has 0 saturated carbocycles. The third-order valence-corrected chi connectivity index (χ3v) is 2.13. The summed E-state index contributed by atoms with van der Waals surface area (Å²) in [5.41, 5.74) is -1.32. The summed E-state index contributed by atoms with van der Waals surface area (Å²) in [7, 11) is 0. The average Bonchev–Trinajstić information content (AvgIpc) is 2.45. The van der Waals surface area contributed by atoms with E-state index in [0.29, 0.717) is 0 Å². The molecule has 0 radical (unpaired) electrons. The maximum Gasteiger partial charge on any atom is 0.330 e. The lowest BCUT2D eigenvalue weighted by atomic mass is 10.4. The smallest absolute Gasteiger partial charge is 0.300 e. The Morgan fingerprint density at radius 3 is 2.33 bits per heavy atom. The third kappa shape index (κ3) is 1.32. The van der Waals surface area contributed by atoms with E-state index in [9.17, 15) is 14.4 Å². The van der Waals surface area contributed by atoms with Crippen LogP contribution in [-0.4, -0.2) is 19.5 Å². The summed E-state index contributed by atoms with van der Waals surface area (Å²) in [6.45, 7) is 3.43. The number of hydrogen-bond donors (Lipinski definition) is 3. The first kappa shape index (κ1) is 9.50. The molecule has 3 N–H and O–H groups in total. The first-order chi connectivity index (χ1) is 7.00. The monoisotopic (exact) mass is 210 g/mol. The Hall–Kier alpha value is -2.05. The maximum atomic E-state index is 11.8. The Bertz CT molecular complexity index is 669. The highest BCUT2D eigenvalue weighted by molar-refractivity contribution is 5.67. The molecule has 0 amide bonds. The molecule has 2 aromatic rings. The number of H-pyrrole nitrogens is 3. The Morgan fingerprint density at radius 2 is 1.73 bits per heavy atom. The van der Waals surface area contributed by atoms with Crippen LogP contribution in [0.25, 0.3) is 11.2 Å². The molecule has 7 heteroatoms. The average molecular weight is 210 g/mol. The first-order valence-corrected chi connectivity index (χ1v) is 4.47. The molecule has 2 rings (SSSR count). The van der Waals surface area contributed by atoms with Gasteiger partial charge in [-0.2, -0.15) is 0 Å². The van der Waals surface area contributed by atoms with Crippen LogP contribution in [0, 0.1) is 0 Å². The molecular weight excluding hydrogens is 200 g/mol. The van der Waals surface area contributed by atoms with E-state index in [1.54, 1.807) is 13.8 Å². The predicted molar refractivity (Wildman–Crippen MR) is 54.2 cm³/mol. The van der Waals surface area contributed by atoms with E-state index in [4.69, 9.17) is 0 Å². The fourth-order valence-electron chi connectivity index (χ4n) is 1.49. The number of nitrogens with one attached hydrogen (secondary N) is 3. The minimum Gasteiger partial charge on any atom is -0.300 e. The zero-order valence-corrected chi connectivity index (χ0v) is 8.25. The molecule has 0 aliphatic rings. The highest BCUT2D eigenvalue weighted by Gasteiger charge is 2.11. The van der Waals surface area contributed by atoms with Crippen molar-refractivity contribution in [3.63, 3.8) is 0 Å². The second-order valence-electron chi connectivity index (χ2n) is 3.53. The second kappa shape index (κ2) is 2.97. The van der Waals surface area contributed by atoms with E-state index in [-0.39, 0.29) is 17.2 Å². The molecule has 7 nitrogen and oxygen atoms in total. The lowest BCUT2D eigenvalue weighted by Crippen LogP contribution is -2.36. The van der Waals surface area contributed by atoms with Crippen molar-refractivity contribution in [3.05, 3.63) is 31.3 Å². The van der Waals surface area contributed by atoms with Crippen molar-refractivity contribution in [2.45, 2.75) is 19.9 Å². The van der Waals surface area contributed by atoms with Crippen LogP contribution in [0.2, 0.25) is 0 Å². The Balaban J connectivity index is 3.03. The molecule has 15 heavy (non-hydrogen) atoms. The van der Waals surface area contributed by atoms with Gasteiger partial charge in [0.25, 0.3) is 5.56 Å². The van der Waals surface area contributed by atoms with Gasteiger partial charge in [0.2, 0.25) is 0 Å². The summed E-state index contributed by atoms with van der Waals surface area (Å²) in [6, 6.07) is -0.260. The van der Waals surface area contributed by atoms with E-state index in [0.717, 1.165) is 4.57 Å². The Labute approximate surface area is 82.8 Å². The molecule has 0 spiro atoms. The quantitative estimate of drug-likeness (QED) is 0.579. The van der Waals surface area contributed by atoms with Crippen molar-refractivity contribution in [2.24, 2.45) is 0 Å². The van der Waals surface area contributed by atoms with Crippen LogP contribution in [0.4, 0.5) is 0 Å². The Kier molecular flexibility index (Phi) is 1.88. The van der Waals surface area contributed by atoms with Gasteiger partial charge in [-0.05, 0) is 13.8 Å². The van der Waals surface area contributed by atoms with E-state index < -0.39 is 16.9 Å². The van der Waals surface area contributed by atoms with Crippen LogP contribution < -0.4 is 16.9 Å². The van der Waals surface area contributed by atoms with Crippen molar-refractivity contribution < 1.29 is 0 Å². The van der Waals surface area contributed by atoms with Crippen LogP contribution in [0.1, 0.15) is 19.9 Å². The molecule has 0 aliphatic heterocycles.